The first kappa shape index (κ1) is 20.6. The second-order valence-corrected chi connectivity index (χ2v) is 6.43. The predicted molar refractivity (Wildman–Crippen MR) is 97.0 cm³/mol. The van der Waals surface area contributed by atoms with Gasteiger partial charge in [0.25, 0.3) is 0 Å². The van der Waals surface area contributed by atoms with E-state index in [0.29, 0.717) is 6.07 Å². The summed E-state index contributed by atoms with van der Waals surface area (Å²) in [5.74, 6) is -2.18. The summed E-state index contributed by atoms with van der Waals surface area (Å²) >= 11 is 5.25. The van der Waals surface area contributed by atoms with Gasteiger partial charge in [0.1, 0.15) is 17.7 Å². The van der Waals surface area contributed by atoms with Gasteiger partial charge in [-0.3, -0.25) is 9.69 Å². The van der Waals surface area contributed by atoms with Gasteiger partial charge in [-0.15, -0.1) is 0 Å². The molecular weight excluding hydrogens is 415 g/mol. The largest absolute Gasteiger partial charge is 0.419 e. The summed E-state index contributed by atoms with van der Waals surface area (Å²) < 4.78 is 67.7. The predicted octanol–water partition coefficient (Wildman–Crippen LogP) is 4.17. The molecule has 150 valence electrons. The lowest BCUT2D eigenvalue weighted by Gasteiger charge is -2.30. The van der Waals surface area contributed by atoms with E-state index < -0.39 is 35.0 Å². The van der Waals surface area contributed by atoms with E-state index in [0.717, 1.165) is 34.2 Å². The van der Waals surface area contributed by atoms with Crippen LogP contribution < -0.4 is 9.80 Å². The molecule has 1 aromatic heterocycles. The molecule has 1 amide bonds. The highest BCUT2D eigenvalue weighted by Crippen LogP contribution is 2.35. The summed E-state index contributed by atoms with van der Waals surface area (Å²) in [5, 5.41) is 8.55. The van der Waals surface area contributed by atoms with Crippen LogP contribution in [-0.4, -0.2) is 22.5 Å². The van der Waals surface area contributed by atoms with Crippen molar-refractivity contribution in [3.05, 3.63) is 53.4 Å². The van der Waals surface area contributed by atoms with Crippen LogP contribution in [0.15, 0.2) is 30.5 Å². The smallest absolute Gasteiger partial charge is 0.315 e. The van der Waals surface area contributed by atoms with Crippen LogP contribution in [0.2, 0.25) is 0 Å². The number of nitrogens with zero attached hydrogens (tertiary/aromatic N) is 4. The molecule has 29 heavy (non-hydrogen) atoms. The van der Waals surface area contributed by atoms with E-state index in [1.807, 2.05) is 0 Å². The van der Waals surface area contributed by atoms with Crippen LogP contribution in [0.1, 0.15) is 24.1 Å². The molecule has 0 bridgehead atoms. The zero-order valence-corrected chi connectivity index (χ0v) is 15.3. The minimum atomic E-state index is -4.89. The fourth-order valence-corrected chi connectivity index (χ4v) is 3.27. The summed E-state index contributed by atoms with van der Waals surface area (Å²) in [6.07, 6.45) is -3.86. The van der Waals surface area contributed by atoms with Gasteiger partial charge < -0.3 is 4.90 Å². The standard InChI is InChI=1S/C18H11F5N4OS/c19-10-3-4-13(20)15(6-10)26-5-1-2-16(28)27(17(26)29)11-7-12(18(21,22)23)14(8-24)25-9-11/h3-4,6-7,9H,1-2,5H2. The Kier molecular flexibility index (Phi) is 5.48. The van der Waals surface area contributed by atoms with Crippen LogP contribution in [0.3, 0.4) is 0 Å². The number of rotatable bonds is 2. The van der Waals surface area contributed by atoms with Gasteiger partial charge in [-0.25, -0.2) is 13.8 Å². The average Bonchev–Trinajstić information content (AvgIpc) is 2.80. The summed E-state index contributed by atoms with van der Waals surface area (Å²) in [7, 11) is 0. The normalized spacial score (nSPS) is 15.3. The summed E-state index contributed by atoms with van der Waals surface area (Å²) in [6, 6.07) is 4.60. The first-order chi connectivity index (χ1) is 13.6. The monoisotopic (exact) mass is 426 g/mol. The molecule has 0 N–H and O–H groups in total. The van der Waals surface area contributed by atoms with E-state index in [4.69, 9.17) is 17.5 Å². The Morgan fingerprint density at radius 2 is 1.93 bits per heavy atom. The highest BCUT2D eigenvalue weighted by atomic mass is 32.1. The quantitative estimate of drug-likeness (QED) is 0.533. The third-order valence-corrected chi connectivity index (χ3v) is 4.59. The SMILES string of the molecule is N#Cc1ncc(N2C(=O)CCCN(c3cc(F)ccc3F)C2=S)cc1C(F)(F)F. The van der Waals surface area contributed by atoms with Crippen LogP contribution in [0.5, 0.6) is 0 Å². The van der Waals surface area contributed by atoms with Crippen LogP contribution >= 0.6 is 12.2 Å². The van der Waals surface area contributed by atoms with Gasteiger partial charge in [-0.2, -0.15) is 18.4 Å². The van der Waals surface area contributed by atoms with Crippen LogP contribution in [0.4, 0.5) is 33.3 Å². The number of nitriles is 1. The van der Waals surface area contributed by atoms with Crippen molar-refractivity contribution in [1.29, 1.82) is 5.26 Å². The molecule has 1 aliphatic rings. The van der Waals surface area contributed by atoms with Crippen molar-refractivity contribution in [2.24, 2.45) is 0 Å². The molecule has 11 heteroatoms. The second kappa shape index (κ2) is 7.71. The molecule has 0 saturated carbocycles. The lowest BCUT2D eigenvalue weighted by Crippen LogP contribution is -2.44. The molecule has 1 aromatic carbocycles. The Bertz CT molecular complexity index is 1030. The molecule has 0 atom stereocenters. The van der Waals surface area contributed by atoms with Gasteiger partial charge in [-0.05, 0) is 36.8 Å². The molecule has 0 spiro atoms. The average molecular weight is 426 g/mol. The maximum Gasteiger partial charge on any atom is 0.419 e. The highest BCUT2D eigenvalue weighted by Gasteiger charge is 2.37. The number of benzene rings is 1. The zero-order valence-electron chi connectivity index (χ0n) is 14.5. The number of hydrogen-bond donors (Lipinski definition) is 0. The number of thiocarbonyl (C=S) groups is 1. The van der Waals surface area contributed by atoms with Gasteiger partial charge in [0.05, 0.1) is 23.1 Å². The Hall–Kier alpha value is -3.13. The Balaban J connectivity index is 2.10. The molecule has 5 nitrogen and oxygen atoms in total. The number of anilines is 2. The van der Waals surface area contributed by atoms with Gasteiger partial charge in [0.15, 0.2) is 10.8 Å². The van der Waals surface area contributed by atoms with Gasteiger partial charge in [0, 0.05) is 19.0 Å². The molecule has 0 radical (unpaired) electrons. The van der Waals surface area contributed by atoms with Crippen molar-refractivity contribution in [2.45, 2.75) is 19.0 Å². The molecular formula is C18H11F5N4OS. The number of carbonyl (C=O) groups excluding carboxylic acids is 1. The molecule has 1 saturated heterocycles. The third-order valence-electron chi connectivity index (χ3n) is 4.19. The lowest BCUT2D eigenvalue weighted by molar-refractivity contribution is -0.138. The number of aromatic nitrogens is 1. The summed E-state index contributed by atoms with van der Waals surface area (Å²) in [4.78, 5) is 18.0. The maximum absolute atomic E-state index is 14.2. The molecule has 0 unspecified atom stereocenters. The second-order valence-electron chi connectivity index (χ2n) is 6.06. The Morgan fingerprint density at radius 1 is 1.21 bits per heavy atom. The van der Waals surface area contributed by atoms with Crippen molar-refractivity contribution in [2.75, 3.05) is 16.3 Å². The molecule has 2 heterocycles. The first-order valence-electron chi connectivity index (χ1n) is 8.20. The van der Waals surface area contributed by atoms with Crippen molar-refractivity contribution < 1.29 is 26.7 Å². The van der Waals surface area contributed by atoms with E-state index in [9.17, 15) is 26.7 Å². The van der Waals surface area contributed by atoms with Crippen molar-refractivity contribution >= 4 is 34.6 Å². The van der Waals surface area contributed by atoms with Crippen molar-refractivity contribution in [1.82, 2.24) is 4.98 Å². The highest BCUT2D eigenvalue weighted by molar-refractivity contribution is 7.81. The van der Waals surface area contributed by atoms with Crippen LogP contribution in [-0.2, 0) is 11.0 Å². The van der Waals surface area contributed by atoms with Crippen molar-refractivity contribution in [3.63, 3.8) is 0 Å². The number of amides is 1. The molecule has 1 aliphatic heterocycles. The van der Waals surface area contributed by atoms with E-state index in [1.54, 1.807) is 0 Å². The molecule has 1 fully saturated rings. The Labute approximate surface area is 167 Å². The fourth-order valence-electron chi connectivity index (χ4n) is 2.88. The Morgan fingerprint density at radius 3 is 2.59 bits per heavy atom. The van der Waals surface area contributed by atoms with Crippen LogP contribution in [0, 0.1) is 23.0 Å². The molecule has 3 rings (SSSR count). The summed E-state index contributed by atoms with van der Waals surface area (Å²) in [6.45, 7) is 0.0529. The minimum absolute atomic E-state index is 0.0529. The van der Waals surface area contributed by atoms with Crippen molar-refractivity contribution in [3.8, 4) is 6.07 Å². The van der Waals surface area contributed by atoms with Gasteiger partial charge in [0.2, 0.25) is 5.91 Å². The zero-order chi connectivity index (χ0) is 21.3. The summed E-state index contributed by atoms with van der Waals surface area (Å²) in [5.41, 5.74) is -2.76. The maximum atomic E-state index is 14.2. The number of halogens is 5. The minimum Gasteiger partial charge on any atom is -0.315 e. The number of pyridine rings is 1. The topological polar surface area (TPSA) is 60.2 Å². The number of carbonyl (C=O) groups is 1. The van der Waals surface area contributed by atoms with E-state index in [2.05, 4.69) is 4.98 Å². The first-order valence-corrected chi connectivity index (χ1v) is 8.61. The number of alkyl halides is 3. The van der Waals surface area contributed by atoms with Crippen LogP contribution in [0.25, 0.3) is 0 Å². The van der Waals surface area contributed by atoms with E-state index in [1.165, 1.54) is 6.07 Å². The molecule has 2 aromatic rings. The molecule has 0 aliphatic carbocycles. The van der Waals surface area contributed by atoms with E-state index >= 15 is 0 Å². The van der Waals surface area contributed by atoms with Gasteiger partial charge >= 0.3 is 6.18 Å². The third kappa shape index (κ3) is 4.02. The van der Waals surface area contributed by atoms with E-state index in [-0.39, 0.29) is 35.9 Å². The van der Waals surface area contributed by atoms with Gasteiger partial charge in [-0.1, -0.05) is 0 Å². The fraction of sp³-hybridized carbons (Fsp3) is 0.222. The number of hydrogen-bond acceptors (Lipinski definition) is 4. The lowest BCUT2D eigenvalue weighted by atomic mass is 10.1.